The molecule has 1 saturated heterocycles. The van der Waals surface area contributed by atoms with E-state index in [1.54, 1.807) is 20.4 Å². The van der Waals surface area contributed by atoms with Gasteiger partial charge >= 0.3 is 0 Å². The van der Waals surface area contributed by atoms with Crippen molar-refractivity contribution in [2.45, 2.75) is 25.3 Å². The number of pyridine rings is 1. The molecule has 26 heavy (non-hydrogen) atoms. The third kappa shape index (κ3) is 3.12. The van der Waals surface area contributed by atoms with Crippen LogP contribution in [-0.4, -0.2) is 47.4 Å². The van der Waals surface area contributed by atoms with E-state index in [-0.39, 0.29) is 0 Å². The lowest BCUT2D eigenvalue weighted by Crippen LogP contribution is -2.32. The number of aromatic nitrogens is 3. The maximum absolute atomic E-state index is 5.53. The highest BCUT2D eigenvalue weighted by atomic mass is 16.5. The van der Waals surface area contributed by atoms with Gasteiger partial charge in [0.2, 0.25) is 0 Å². The average Bonchev–Trinajstić information content (AvgIpc) is 3.13. The van der Waals surface area contributed by atoms with Crippen LogP contribution in [0, 0.1) is 0 Å². The minimum atomic E-state index is 0.500. The van der Waals surface area contributed by atoms with Gasteiger partial charge in [-0.2, -0.15) is 5.10 Å². The van der Waals surface area contributed by atoms with Gasteiger partial charge in [0, 0.05) is 29.7 Å². The Balaban J connectivity index is 1.46. The summed E-state index contributed by atoms with van der Waals surface area (Å²) in [5.74, 6) is 2.27. The second kappa shape index (κ2) is 7.33. The summed E-state index contributed by atoms with van der Waals surface area (Å²) in [7, 11) is 3.42. The lowest BCUT2D eigenvalue weighted by Gasteiger charge is -2.32. The molecule has 0 radical (unpaired) electrons. The molecule has 3 heterocycles. The Bertz CT molecular complexity index is 862. The van der Waals surface area contributed by atoms with E-state index in [2.05, 4.69) is 26.1 Å². The van der Waals surface area contributed by atoms with Crippen molar-refractivity contribution in [2.75, 3.05) is 27.3 Å². The fourth-order valence-corrected chi connectivity index (χ4v) is 3.87. The molecular weight excluding hydrogens is 328 g/mol. The molecule has 6 heteroatoms. The van der Waals surface area contributed by atoms with E-state index in [4.69, 9.17) is 9.47 Å². The van der Waals surface area contributed by atoms with Crippen LogP contribution in [0.2, 0.25) is 0 Å². The topological polar surface area (TPSA) is 63.3 Å². The maximum atomic E-state index is 5.53. The number of hydrogen-bond donors (Lipinski definition) is 1. The monoisotopic (exact) mass is 352 g/mol. The Morgan fingerprint density at radius 3 is 2.50 bits per heavy atom. The van der Waals surface area contributed by atoms with Crippen LogP contribution in [0.3, 0.4) is 0 Å². The number of rotatable bonds is 5. The van der Waals surface area contributed by atoms with Gasteiger partial charge in [-0.05, 0) is 50.2 Å². The lowest BCUT2D eigenvalue weighted by molar-refractivity contribution is 0.199. The van der Waals surface area contributed by atoms with Gasteiger partial charge in [-0.15, -0.1) is 0 Å². The van der Waals surface area contributed by atoms with Crippen LogP contribution in [-0.2, 0) is 6.54 Å². The van der Waals surface area contributed by atoms with Crippen molar-refractivity contribution in [1.29, 1.82) is 0 Å². The molecule has 1 fully saturated rings. The second-order valence-electron chi connectivity index (χ2n) is 6.70. The molecule has 4 rings (SSSR count). The SMILES string of the molecule is COc1cccc(OC)c1CN1CCC(c2[nH]nc3ncccc23)CC1. The zero-order chi connectivity index (χ0) is 17.9. The third-order valence-corrected chi connectivity index (χ3v) is 5.27. The van der Waals surface area contributed by atoms with Crippen LogP contribution in [0.5, 0.6) is 11.5 Å². The van der Waals surface area contributed by atoms with E-state index in [0.29, 0.717) is 5.92 Å². The van der Waals surface area contributed by atoms with E-state index in [1.807, 2.05) is 24.3 Å². The molecule has 0 spiro atoms. The minimum Gasteiger partial charge on any atom is -0.496 e. The van der Waals surface area contributed by atoms with Gasteiger partial charge in [0.25, 0.3) is 0 Å². The molecule has 0 amide bonds. The van der Waals surface area contributed by atoms with Crippen molar-refractivity contribution in [1.82, 2.24) is 20.1 Å². The first-order valence-electron chi connectivity index (χ1n) is 9.01. The number of nitrogens with zero attached hydrogens (tertiary/aromatic N) is 3. The number of methoxy groups -OCH3 is 2. The molecular formula is C20H24N4O2. The highest BCUT2D eigenvalue weighted by Gasteiger charge is 2.25. The zero-order valence-electron chi connectivity index (χ0n) is 15.2. The molecule has 6 nitrogen and oxygen atoms in total. The highest BCUT2D eigenvalue weighted by Crippen LogP contribution is 2.34. The van der Waals surface area contributed by atoms with E-state index in [0.717, 1.165) is 60.6 Å². The number of hydrogen-bond acceptors (Lipinski definition) is 5. The van der Waals surface area contributed by atoms with Crippen molar-refractivity contribution in [2.24, 2.45) is 0 Å². The van der Waals surface area contributed by atoms with Gasteiger partial charge in [0.15, 0.2) is 5.65 Å². The highest BCUT2D eigenvalue weighted by molar-refractivity contribution is 5.77. The van der Waals surface area contributed by atoms with Crippen LogP contribution < -0.4 is 9.47 Å². The summed E-state index contributed by atoms with van der Waals surface area (Å²) in [6.45, 7) is 2.91. The summed E-state index contributed by atoms with van der Waals surface area (Å²) in [4.78, 5) is 6.79. The Hall–Kier alpha value is -2.60. The van der Waals surface area contributed by atoms with Gasteiger partial charge in [0.05, 0.1) is 19.8 Å². The summed E-state index contributed by atoms with van der Waals surface area (Å²) < 4.78 is 11.1. The number of fused-ring (bicyclic) bond motifs is 1. The van der Waals surface area contributed by atoms with Gasteiger partial charge in [-0.1, -0.05) is 6.07 Å². The third-order valence-electron chi connectivity index (χ3n) is 5.27. The number of aromatic amines is 1. The van der Waals surface area contributed by atoms with Crippen LogP contribution in [0.1, 0.15) is 30.0 Å². The Morgan fingerprint density at radius 1 is 1.08 bits per heavy atom. The molecule has 1 aliphatic rings. The lowest BCUT2D eigenvalue weighted by atomic mass is 9.92. The average molecular weight is 352 g/mol. The van der Waals surface area contributed by atoms with Gasteiger partial charge < -0.3 is 9.47 Å². The zero-order valence-corrected chi connectivity index (χ0v) is 15.2. The summed E-state index contributed by atoms with van der Waals surface area (Å²) >= 11 is 0. The first-order valence-corrected chi connectivity index (χ1v) is 9.01. The minimum absolute atomic E-state index is 0.500. The first-order chi connectivity index (χ1) is 12.8. The molecule has 1 aromatic carbocycles. The molecule has 2 aromatic heterocycles. The van der Waals surface area contributed by atoms with Crippen molar-refractivity contribution in [3.05, 3.63) is 47.8 Å². The standard InChI is InChI=1S/C20H24N4O2/c1-25-17-6-3-7-18(26-2)16(17)13-24-11-8-14(9-12-24)19-15-5-4-10-21-20(15)23-22-19/h3-7,10,14H,8-9,11-13H2,1-2H3,(H,21,22,23). The van der Waals surface area contributed by atoms with Crippen LogP contribution in [0.25, 0.3) is 11.0 Å². The molecule has 136 valence electrons. The smallest absolute Gasteiger partial charge is 0.181 e. The molecule has 0 saturated carbocycles. The van der Waals surface area contributed by atoms with Gasteiger partial charge in [-0.25, -0.2) is 4.98 Å². The van der Waals surface area contributed by atoms with Crippen LogP contribution in [0.4, 0.5) is 0 Å². The summed E-state index contributed by atoms with van der Waals surface area (Å²) in [6, 6.07) is 10.0. The van der Waals surface area contributed by atoms with Crippen molar-refractivity contribution >= 4 is 11.0 Å². The van der Waals surface area contributed by atoms with E-state index in [9.17, 15) is 0 Å². The number of H-pyrrole nitrogens is 1. The van der Waals surface area contributed by atoms with Crippen LogP contribution >= 0.6 is 0 Å². The summed E-state index contributed by atoms with van der Waals surface area (Å²) in [6.07, 6.45) is 3.99. The largest absolute Gasteiger partial charge is 0.496 e. The normalized spacial score (nSPS) is 16.1. The van der Waals surface area contributed by atoms with E-state index < -0.39 is 0 Å². The number of ether oxygens (including phenoxy) is 2. The Kier molecular flexibility index (Phi) is 4.75. The molecule has 1 aliphatic heterocycles. The molecule has 0 aliphatic carbocycles. The maximum Gasteiger partial charge on any atom is 0.181 e. The quantitative estimate of drug-likeness (QED) is 0.763. The van der Waals surface area contributed by atoms with Gasteiger partial charge in [0.1, 0.15) is 11.5 Å². The van der Waals surface area contributed by atoms with E-state index >= 15 is 0 Å². The van der Waals surface area contributed by atoms with Crippen molar-refractivity contribution < 1.29 is 9.47 Å². The predicted molar refractivity (Wildman–Crippen MR) is 101 cm³/mol. The molecule has 0 bridgehead atoms. The molecule has 1 N–H and O–H groups in total. The van der Waals surface area contributed by atoms with E-state index in [1.165, 1.54) is 5.69 Å². The fraction of sp³-hybridized carbons (Fsp3) is 0.400. The number of nitrogens with one attached hydrogen (secondary N) is 1. The predicted octanol–water partition coefficient (Wildman–Crippen LogP) is 3.35. The summed E-state index contributed by atoms with van der Waals surface area (Å²) in [5, 5.41) is 8.71. The summed E-state index contributed by atoms with van der Waals surface area (Å²) in [5.41, 5.74) is 3.15. The molecule has 3 aromatic rings. The van der Waals surface area contributed by atoms with Crippen molar-refractivity contribution in [3.8, 4) is 11.5 Å². The Morgan fingerprint density at radius 2 is 1.81 bits per heavy atom. The number of likely N-dealkylation sites (tertiary alicyclic amines) is 1. The van der Waals surface area contributed by atoms with Crippen LogP contribution in [0.15, 0.2) is 36.5 Å². The number of piperidine rings is 1. The van der Waals surface area contributed by atoms with Gasteiger partial charge in [-0.3, -0.25) is 10.00 Å². The molecule has 0 atom stereocenters. The van der Waals surface area contributed by atoms with Crippen molar-refractivity contribution in [3.63, 3.8) is 0 Å². The first kappa shape index (κ1) is 16.8. The molecule has 0 unspecified atom stereocenters. The number of benzene rings is 1. The second-order valence-corrected chi connectivity index (χ2v) is 6.70. The fourth-order valence-electron chi connectivity index (χ4n) is 3.87. The Labute approximate surface area is 153 Å².